The molecule has 0 saturated carbocycles. The molecule has 2 rings (SSSR count). The van der Waals surface area contributed by atoms with Crippen LogP contribution in [0.3, 0.4) is 0 Å². The van der Waals surface area contributed by atoms with Crippen LogP contribution in [0.1, 0.15) is 5.56 Å². The zero-order valence-corrected chi connectivity index (χ0v) is 11.0. The zero-order chi connectivity index (χ0) is 14.7. The molecule has 8 heteroatoms. The molecule has 2 amide bonds. The number of rotatable bonds is 2. The summed E-state index contributed by atoms with van der Waals surface area (Å²) in [6, 6.07) is 3.83. The van der Waals surface area contributed by atoms with Gasteiger partial charge in [-0.15, -0.1) is 11.8 Å². The van der Waals surface area contributed by atoms with E-state index in [-0.39, 0.29) is 17.1 Å². The van der Waals surface area contributed by atoms with Crippen molar-refractivity contribution >= 4 is 29.4 Å². The number of nitrogens with one attached hydrogen (secondary N) is 1. The first-order valence-corrected chi connectivity index (χ1v) is 6.76. The topological polar surface area (TPSA) is 93.4 Å². The predicted molar refractivity (Wildman–Crippen MR) is 70.7 cm³/mol. The van der Waals surface area contributed by atoms with Crippen molar-refractivity contribution in [3.8, 4) is 6.07 Å². The summed E-state index contributed by atoms with van der Waals surface area (Å²) in [6.07, 6.45) is 0. The molecule has 0 aliphatic carbocycles. The summed E-state index contributed by atoms with van der Waals surface area (Å²) in [5.41, 5.74) is 0.0516. The highest BCUT2D eigenvalue weighted by Gasteiger charge is 2.34. The lowest BCUT2D eigenvalue weighted by Crippen LogP contribution is -2.44. The predicted octanol–water partition coefficient (Wildman–Crippen LogP) is 1.69. The van der Waals surface area contributed by atoms with Gasteiger partial charge in [0.1, 0.15) is 11.9 Å². The van der Waals surface area contributed by atoms with Crippen molar-refractivity contribution in [2.45, 2.75) is 6.04 Å². The number of thioether (sulfide) groups is 1. The van der Waals surface area contributed by atoms with Gasteiger partial charge in [0.05, 0.1) is 23.2 Å². The maximum atomic E-state index is 13.6. The third-order valence-corrected chi connectivity index (χ3v) is 3.78. The summed E-state index contributed by atoms with van der Waals surface area (Å²) in [4.78, 5) is 24.0. The Kier molecular flexibility index (Phi) is 4.10. The average Bonchev–Trinajstić information content (AvgIpc) is 2.90. The molecule has 104 valence electrons. The molecule has 1 aromatic rings. The van der Waals surface area contributed by atoms with Crippen LogP contribution in [0.5, 0.6) is 0 Å². The Morgan fingerprint density at radius 3 is 2.90 bits per heavy atom. The van der Waals surface area contributed by atoms with Crippen molar-refractivity contribution in [3.63, 3.8) is 0 Å². The molecule has 1 aromatic carbocycles. The van der Waals surface area contributed by atoms with E-state index in [1.807, 2.05) is 0 Å². The molecular weight excluding hydrogens is 285 g/mol. The van der Waals surface area contributed by atoms with Crippen molar-refractivity contribution in [1.82, 2.24) is 4.90 Å². The minimum atomic E-state index is -1.09. The lowest BCUT2D eigenvalue weighted by atomic mass is 10.2. The van der Waals surface area contributed by atoms with E-state index in [4.69, 9.17) is 10.4 Å². The van der Waals surface area contributed by atoms with Gasteiger partial charge in [0.15, 0.2) is 0 Å². The van der Waals surface area contributed by atoms with Gasteiger partial charge < -0.3 is 15.3 Å². The second-order valence-corrected chi connectivity index (χ2v) is 5.06. The Morgan fingerprint density at radius 2 is 2.30 bits per heavy atom. The van der Waals surface area contributed by atoms with E-state index in [2.05, 4.69) is 5.32 Å². The van der Waals surface area contributed by atoms with Crippen LogP contribution in [-0.2, 0) is 4.79 Å². The molecule has 20 heavy (non-hydrogen) atoms. The second-order valence-electron chi connectivity index (χ2n) is 4.06. The number of halogens is 1. The molecule has 0 radical (unpaired) electrons. The van der Waals surface area contributed by atoms with Gasteiger partial charge in [-0.2, -0.15) is 5.26 Å². The van der Waals surface area contributed by atoms with E-state index in [0.29, 0.717) is 5.75 Å². The van der Waals surface area contributed by atoms with Crippen molar-refractivity contribution in [3.05, 3.63) is 29.6 Å². The molecule has 6 nitrogen and oxygen atoms in total. The molecule has 1 fully saturated rings. The fraction of sp³-hybridized carbons (Fsp3) is 0.250. The number of carboxylic acid groups (broad SMARTS) is 1. The number of anilines is 1. The van der Waals surface area contributed by atoms with Crippen LogP contribution < -0.4 is 5.32 Å². The molecule has 1 heterocycles. The van der Waals surface area contributed by atoms with Crippen LogP contribution in [0.15, 0.2) is 18.2 Å². The minimum absolute atomic E-state index is 0.0879. The number of carboxylic acids is 1. The van der Waals surface area contributed by atoms with Gasteiger partial charge in [-0.25, -0.2) is 14.0 Å². The van der Waals surface area contributed by atoms with Crippen LogP contribution in [0.2, 0.25) is 0 Å². The van der Waals surface area contributed by atoms with Gasteiger partial charge in [-0.05, 0) is 18.2 Å². The SMILES string of the molecule is N#Cc1ccc(NC(=O)N2CSC[C@H]2C(=O)O)c(F)c1. The van der Waals surface area contributed by atoms with Crippen LogP contribution in [-0.4, -0.2) is 39.7 Å². The van der Waals surface area contributed by atoms with Gasteiger partial charge >= 0.3 is 12.0 Å². The lowest BCUT2D eigenvalue weighted by Gasteiger charge is -2.21. The maximum Gasteiger partial charge on any atom is 0.327 e. The molecule has 1 atom stereocenters. The highest BCUT2D eigenvalue weighted by molar-refractivity contribution is 7.99. The normalized spacial score (nSPS) is 17.6. The lowest BCUT2D eigenvalue weighted by molar-refractivity contribution is -0.140. The van der Waals surface area contributed by atoms with E-state index in [9.17, 15) is 14.0 Å². The van der Waals surface area contributed by atoms with Crippen molar-refractivity contribution in [2.75, 3.05) is 16.9 Å². The molecule has 0 spiro atoms. The van der Waals surface area contributed by atoms with Gasteiger partial charge in [-0.3, -0.25) is 0 Å². The average molecular weight is 295 g/mol. The summed E-state index contributed by atoms with van der Waals surface area (Å²) < 4.78 is 13.6. The number of urea groups is 1. The number of amides is 2. The van der Waals surface area contributed by atoms with Gasteiger partial charge in [-0.1, -0.05) is 0 Å². The van der Waals surface area contributed by atoms with E-state index in [1.54, 1.807) is 6.07 Å². The quantitative estimate of drug-likeness (QED) is 0.866. The van der Waals surface area contributed by atoms with E-state index >= 15 is 0 Å². The number of hydrogen-bond donors (Lipinski definition) is 2. The Balaban J connectivity index is 2.12. The summed E-state index contributed by atoms with van der Waals surface area (Å²) in [7, 11) is 0. The van der Waals surface area contributed by atoms with E-state index in [0.717, 1.165) is 11.0 Å². The van der Waals surface area contributed by atoms with Crippen molar-refractivity contribution < 1.29 is 19.1 Å². The fourth-order valence-corrected chi connectivity index (χ4v) is 2.87. The summed E-state index contributed by atoms with van der Waals surface area (Å²) >= 11 is 1.32. The molecule has 0 bridgehead atoms. The van der Waals surface area contributed by atoms with E-state index < -0.39 is 23.9 Å². The second kappa shape index (κ2) is 5.79. The monoisotopic (exact) mass is 295 g/mol. The number of nitrogens with zero attached hydrogens (tertiary/aromatic N) is 2. The third kappa shape index (κ3) is 2.83. The molecule has 0 unspecified atom stereocenters. The standard InChI is InChI=1S/C12H10FN3O3S/c13-8-3-7(4-14)1-2-9(8)15-12(19)16-6-20-5-10(16)11(17)18/h1-3,10H,5-6H2,(H,15,19)(H,17,18)/t10-/m0/s1. The first kappa shape index (κ1) is 14.1. The molecule has 1 aliphatic rings. The Labute approximate surface area is 118 Å². The molecular formula is C12H10FN3O3S. The molecule has 1 saturated heterocycles. The Bertz CT molecular complexity index is 602. The first-order chi connectivity index (χ1) is 9.52. The van der Waals surface area contributed by atoms with E-state index in [1.165, 1.54) is 23.9 Å². The number of carbonyl (C=O) groups excluding carboxylic acids is 1. The highest BCUT2D eigenvalue weighted by atomic mass is 32.2. The fourth-order valence-electron chi connectivity index (χ4n) is 1.72. The first-order valence-electron chi connectivity index (χ1n) is 5.60. The van der Waals surface area contributed by atoms with Gasteiger partial charge in [0, 0.05) is 5.75 Å². The van der Waals surface area contributed by atoms with Gasteiger partial charge in [0.2, 0.25) is 0 Å². The third-order valence-electron chi connectivity index (χ3n) is 2.77. The molecule has 2 N–H and O–H groups in total. The number of aliphatic carboxylic acids is 1. The minimum Gasteiger partial charge on any atom is -0.480 e. The largest absolute Gasteiger partial charge is 0.480 e. The highest BCUT2D eigenvalue weighted by Crippen LogP contribution is 2.23. The zero-order valence-electron chi connectivity index (χ0n) is 10.2. The van der Waals surface area contributed by atoms with Gasteiger partial charge in [0.25, 0.3) is 0 Å². The summed E-state index contributed by atoms with van der Waals surface area (Å²) in [5, 5.41) is 19.9. The summed E-state index contributed by atoms with van der Waals surface area (Å²) in [5.74, 6) is -1.29. The molecule has 1 aliphatic heterocycles. The summed E-state index contributed by atoms with van der Waals surface area (Å²) in [6.45, 7) is 0. The van der Waals surface area contributed by atoms with Crippen LogP contribution in [0.4, 0.5) is 14.9 Å². The van der Waals surface area contributed by atoms with Crippen LogP contribution >= 0.6 is 11.8 Å². The number of hydrogen-bond acceptors (Lipinski definition) is 4. The smallest absolute Gasteiger partial charge is 0.327 e. The Morgan fingerprint density at radius 1 is 1.55 bits per heavy atom. The number of nitriles is 1. The Hall–Kier alpha value is -2.27. The van der Waals surface area contributed by atoms with Crippen molar-refractivity contribution in [2.24, 2.45) is 0 Å². The number of benzene rings is 1. The number of carbonyl (C=O) groups is 2. The molecule has 0 aromatic heterocycles. The van der Waals surface area contributed by atoms with Crippen LogP contribution in [0, 0.1) is 17.1 Å². The van der Waals surface area contributed by atoms with Crippen LogP contribution in [0.25, 0.3) is 0 Å². The van der Waals surface area contributed by atoms with Crippen molar-refractivity contribution in [1.29, 1.82) is 5.26 Å². The maximum absolute atomic E-state index is 13.6.